The molecule has 4 nitrogen and oxygen atoms in total. The Hall–Kier alpha value is -1.72. The van der Waals surface area contributed by atoms with Crippen molar-refractivity contribution in [2.45, 2.75) is 85.0 Å². The number of quaternary nitrogens is 2. The van der Waals surface area contributed by atoms with Gasteiger partial charge >= 0.3 is 0 Å². The van der Waals surface area contributed by atoms with Gasteiger partial charge < -0.3 is 0 Å². The van der Waals surface area contributed by atoms with Gasteiger partial charge in [-0.15, -0.1) is 4.65 Å². The van der Waals surface area contributed by atoms with Gasteiger partial charge in [-0.2, -0.15) is 4.65 Å². The van der Waals surface area contributed by atoms with E-state index >= 15 is 0 Å². The lowest BCUT2D eigenvalue weighted by atomic mass is 9.90. The third kappa shape index (κ3) is 4.94. The van der Waals surface area contributed by atoms with Crippen LogP contribution in [0.3, 0.4) is 0 Å². The smallest absolute Gasteiger partial charge is 0.165 e. The zero-order chi connectivity index (χ0) is 22.6. The highest BCUT2D eigenvalue weighted by Gasteiger charge is 2.49. The molecule has 166 valence electrons. The van der Waals surface area contributed by atoms with Crippen LogP contribution in [0, 0.1) is 0 Å². The summed E-state index contributed by atoms with van der Waals surface area (Å²) in [4.78, 5) is 0. The molecular formula is C26H42N2O2+2. The second-order valence-corrected chi connectivity index (χ2v) is 10.3. The van der Waals surface area contributed by atoms with E-state index in [4.69, 9.17) is 0 Å². The third-order valence-electron chi connectivity index (χ3n) is 6.92. The van der Waals surface area contributed by atoms with Crippen molar-refractivity contribution in [2.24, 2.45) is 0 Å². The molecule has 0 fully saturated rings. The second kappa shape index (κ2) is 9.19. The molecule has 2 aromatic rings. The molecule has 0 amide bonds. The highest BCUT2D eigenvalue weighted by molar-refractivity contribution is 5.42. The number of benzene rings is 2. The first kappa shape index (κ1) is 24.5. The van der Waals surface area contributed by atoms with Crippen molar-refractivity contribution in [3.63, 3.8) is 0 Å². The highest BCUT2D eigenvalue weighted by atomic mass is 16.6. The van der Waals surface area contributed by atoms with E-state index in [0.717, 1.165) is 24.1 Å². The predicted molar refractivity (Wildman–Crippen MR) is 125 cm³/mol. The summed E-state index contributed by atoms with van der Waals surface area (Å²) < 4.78 is -0.143. The number of rotatable bonds is 9. The fraction of sp³-hybridized carbons (Fsp3) is 0.538. The molecule has 4 heteroatoms. The Bertz CT molecular complexity index is 786. The molecule has 0 bridgehead atoms. The molecular weight excluding hydrogens is 372 g/mol. The highest BCUT2D eigenvalue weighted by Crippen LogP contribution is 2.37. The molecule has 0 aliphatic rings. The van der Waals surface area contributed by atoms with Crippen LogP contribution in [0.15, 0.2) is 60.7 Å². The van der Waals surface area contributed by atoms with Gasteiger partial charge in [0.15, 0.2) is 5.69 Å². The molecule has 0 saturated carbocycles. The molecule has 2 N–H and O–H groups in total. The number of para-hydroxylation sites is 1. The summed E-state index contributed by atoms with van der Waals surface area (Å²) in [7, 11) is 0. The van der Waals surface area contributed by atoms with Gasteiger partial charge in [0.2, 0.25) is 0 Å². The Morgan fingerprint density at radius 1 is 0.833 bits per heavy atom. The van der Waals surface area contributed by atoms with Crippen molar-refractivity contribution in [1.82, 2.24) is 4.65 Å². The summed E-state index contributed by atoms with van der Waals surface area (Å²) in [6.07, 6.45) is 1.60. The first-order valence-electron chi connectivity index (χ1n) is 11.2. The fourth-order valence-electron chi connectivity index (χ4n) is 4.55. The van der Waals surface area contributed by atoms with Crippen molar-refractivity contribution in [2.75, 3.05) is 6.54 Å². The summed E-state index contributed by atoms with van der Waals surface area (Å²) in [5.74, 6) is 0. The lowest BCUT2D eigenvalue weighted by molar-refractivity contribution is -1.15. The van der Waals surface area contributed by atoms with Crippen molar-refractivity contribution < 1.29 is 15.1 Å². The van der Waals surface area contributed by atoms with Crippen LogP contribution in [0.4, 0.5) is 5.69 Å². The summed E-state index contributed by atoms with van der Waals surface area (Å²) in [5.41, 5.74) is 1.32. The van der Waals surface area contributed by atoms with Crippen LogP contribution >= 0.6 is 0 Å². The molecule has 0 heterocycles. The standard InChI is InChI=1S/C26H42N2O2/c1-8-27(29,21-23-15-11-9-12-16-23)26(6,7)20-19-22(2)28(30,25(3,4)5)24-17-13-10-14-18-24/h9-18,22,29-30H,8,19-21H2,1-7H3/q+2. The van der Waals surface area contributed by atoms with Crippen molar-refractivity contribution >= 4 is 5.69 Å². The minimum Gasteiger partial charge on any atom is -0.216 e. The Labute approximate surface area is 183 Å². The minimum atomic E-state index is -0.370. The van der Waals surface area contributed by atoms with Crippen LogP contribution in [-0.4, -0.2) is 38.7 Å². The quantitative estimate of drug-likeness (QED) is 0.360. The van der Waals surface area contributed by atoms with E-state index in [1.165, 1.54) is 0 Å². The van der Waals surface area contributed by atoms with Crippen molar-refractivity contribution in [1.29, 1.82) is 0 Å². The second-order valence-electron chi connectivity index (χ2n) is 10.3. The molecule has 2 rings (SSSR count). The normalized spacial score (nSPS) is 17.8. The molecule has 3 unspecified atom stereocenters. The SMILES string of the molecule is CC[N+](O)(Cc1ccccc1)C(C)(C)CCC(C)[N+](O)(c1ccccc1)C(C)(C)C. The average molecular weight is 415 g/mol. The lowest BCUT2D eigenvalue weighted by Crippen LogP contribution is -2.65. The van der Waals surface area contributed by atoms with E-state index in [-0.39, 0.29) is 26.4 Å². The van der Waals surface area contributed by atoms with Crippen LogP contribution in [0.1, 0.15) is 66.9 Å². The number of nitrogens with zero attached hydrogens (tertiary/aromatic N) is 2. The largest absolute Gasteiger partial charge is 0.216 e. The molecule has 0 aliphatic carbocycles. The van der Waals surface area contributed by atoms with Gasteiger partial charge in [-0.3, -0.25) is 0 Å². The van der Waals surface area contributed by atoms with Gasteiger partial charge in [0, 0.05) is 30.5 Å². The maximum Gasteiger partial charge on any atom is 0.165 e. The molecule has 0 saturated heterocycles. The molecule has 0 spiro atoms. The van der Waals surface area contributed by atoms with Gasteiger partial charge in [-0.05, 0) is 48.5 Å². The average Bonchev–Trinajstić information content (AvgIpc) is 2.71. The van der Waals surface area contributed by atoms with Gasteiger partial charge in [0.1, 0.15) is 30.2 Å². The number of hydrogen-bond acceptors (Lipinski definition) is 2. The van der Waals surface area contributed by atoms with E-state index in [9.17, 15) is 10.4 Å². The van der Waals surface area contributed by atoms with E-state index < -0.39 is 0 Å². The number of hydrogen-bond donors (Lipinski definition) is 2. The van der Waals surface area contributed by atoms with Gasteiger partial charge in [0.05, 0.1) is 0 Å². The first-order chi connectivity index (χ1) is 13.9. The van der Waals surface area contributed by atoms with Crippen molar-refractivity contribution in [3.05, 3.63) is 66.2 Å². The Balaban J connectivity index is 2.23. The van der Waals surface area contributed by atoms with E-state index in [0.29, 0.717) is 13.1 Å². The molecule has 0 aliphatic heterocycles. The molecule has 2 aromatic carbocycles. The lowest BCUT2D eigenvalue weighted by Gasteiger charge is -2.47. The maximum absolute atomic E-state index is 11.8. The molecule has 3 atom stereocenters. The maximum atomic E-state index is 11.8. The molecule has 30 heavy (non-hydrogen) atoms. The van der Waals surface area contributed by atoms with Gasteiger partial charge in [-0.25, -0.2) is 10.4 Å². The Morgan fingerprint density at radius 2 is 1.33 bits per heavy atom. The monoisotopic (exact) mass is 414 g/mol. The Kier molecular flexibility index (Phi) is 7.52. The van der Waals surface area contributed by atoms with Crippen LogP contribution in [0.2, 0.25) is 0 Å². The van der Waals surface area contributed by atoms with Crippen molar-refractivity contribution in [3.8, 4) is 0 Å². The van der Waals surface area contributed by atoms with E-state index in [1.54, 1.807) is 0 Å². The summed E-state index contributed by atoms with van der Waals surface area (Å²) >= 11 is 0. The molecule has 0 aromatic heterocycles. The summed E-state index contributed by atoms with van der Waals surface area (Å²) in [5, 5.41) is 23.4. The van der Waals surface area contributed by atoms with Crippen LogP contribution in [0.5, 0.6) is 0 Å². The minimum absolute atomic E-state index is 0.0178. The van der Waals surface area contributed by atoms with Crippen LogP contribution in [0.25, 0.3) is 0 Å². The van der Waals surface area contributed by atoms with E-state index in [2.05, 4.69) is 53.7 Å². The van der Waals surface area contributed by atoms with E-state index in [1.807, 2.05) is 55.5 Å². The third-order valence-corrected chi connectivity index (χ3v) is 6.92. The topological polar surface area (TPSA) is 40.5 Å². The predicted octanol–water partition coefficient (Wildman–Crippen LogP) is 6.56. The zero-order valence-corrected chi connectivity index (χ0v) is 20.0. The Morgan fingerprint density at radius 3 is 1.80 bits per heavy atom. The van der Waals surface area contributed by atoms with Crippen LogP contribution < -0.4 is 4.65 Å². The molecule has 0 radical (unpaired) electrons. The fourth-order valence-corrected chi connectivity index (χ4v) is 4.55. The number of hydroxylamine groups is 5. The van der Waals surface area contributed by atoms with Crippen LogP contribution in [-0.2, 0) is 6.54 Å². The zero-order valence-electron chi connectivity index (χ0n) is 20.0. The first-order valence-corrected chi connectivity index (χ1v) is 11.2. The van der Waals surface area contributed by atoms with Gasteiger partial charge in [-0.1, -0.05) is 48.5 Å². The summed E-state index contributed by atoms with van der Waals surface area (Å²) in [6.45, 7) is 15.9. The van der Waals surface area contributed by atoms with Gasteiger partial charge in [0.25, 0.3) is 0 Å². The summed E-state index contributed by atoms with van der Waals surface area (Å²) in [6, 6.07) is 20.1.